The van der Waals surface area contributed by atoms with Gasteiger partial charge in [-0.25, -0.2) is 8.42 Å². The molecule has 1 heterocycles. The van der Waals surface area contributed by atoms with Gasteiger partial charge in [0.05, 0.1) is 30.0 Å². The van der Waals surface area contributed by atoms with Gasteiger partial charge in [0, 0.05) is 31.2 Å². The van der Waals surface area contributed by atoms with Crippen LogP contribution in [-0.2, 0) is 22.7 Å². The van der Waals surface area contributed by atoms with Crippen LogP contribution in [0, 0.1) is 5.92 Å². The number of sulfonamides is 1. The highest BCUT2D eigenvalue weighted by molar-refractivity contribution is 7.92. The monoisotopic (exact) mass is 543 g/mol. The van der Waals surface area contributed by atoms with Crippen molar-refractivity contribution in [3.63, 3.8) is 0 Å². The van der Waals surface area contributed by atoms with Gasteiger partial charge in [0.2, 0.25) is 10.0 Å². The predicted molar refractivity (Wildman–Crippen MR) is 134 cm³/mol. The van der Waals surface area contributed by atoms with Gasteiger partial charge in [-0.15, -0.1) is 0 Å². The molecule has 0 radical (unpaired) electrons. The van der Waals surface area contributed by atoms with Gasteiger partial charge in [0.25, 0.3) is 5.91 Å². The summed E-state index contributed by atoms with van der Waals surface area (Å²) in [5.74, 6) is -0.272. The molecule has 0 saturated heterocycles. The number of alkyl halides is 3. The third kappa shape index (κ3) is 7.59. The number of carbonyl (C=O) groups is 1. The largest absolute Gasteiger partial charge is 0.488 e. The zero-order valence-corrected chi connectivity index (χ0v) is 21.9. The lowest BCUT2D eigenvalue weighted by molar-refractivity contribution is -0.137. The molecular formula is C25H32F3N3O5S. The van der Waals surface area contributed by atoms with Crippen molar-refractivity contribution in [2.24, 2.45) is 5.92 Å². The molecule has 3 rings (SSSR count). The molecule has 2 aromatic rings. The number of fused-ring (bicyclic) bond motifs is 1. The number of amides is 1. The molecule has 0 fully saturated rings. The van der Waals surface area contributed by atoms with E-state index in [-0.39, 0.29) is 36.1 Å². The molecule has 12 heteroatoms. The van der Waals surface area contributed by atoms with Crippen molar-refractivity contribution in [3.05, 3.63) is 59.2 Å². The Labute approximate surface area is 215 Å². The standard InChI is InChI=1S/C25H32F3N3O5S/c1-16-12-31(17(2)15-32)24(33)21-11-20(29-37(4,34)35)9-10-22(21)36-23(16)14-30(3)13-18-5-7-19(8-6-18)25(26,27)28/h5-11,16-17,23,29,32H,12-15H2,1-4H3/t16-,17-,23+/m0/s1. The van der Waals surface area contributed by atoms with E-state index in [0.717, 1.165) is 18.4 Å². The molecule has 1 aliphatic heterocycles. The maximum atomic E-state index is 13.4. The number of ether oxygens (including phenoxy) is 1. The number of nitrogens with one attached hydrogen (secondary N) is 1. The minimum atomic E-state index is -4.40. The first-order valence-electron chi connectivity index (χ1n) is 11.7. The number of aliphatic hydroxyl groups excluding tert-OH is 1. The molecule has 3 atom stereocenters. The Morgan fingerprint density at radius 1 is 1.22 bits per heavy atom. The first-order valence-corrected chi connectivity index (χ1v) is 13.6. The molecule has 0 aromatic heterocycles. The van der Waals surface area contributed by atoms with E-state index in [1.54, 1.807) is 11.8 Å². The van der Waals surface area contributed by atoms with Crippen LogP contribution in [0.1, 0.15) is 35.3 Å². The first-order chi connectivity index (χ1) is 17.2. The quantitative estimate of drug-likeness (QED) is 0.530. The SMILES string of the molecule is C[C@H]1CN([C@@H](C)CO)C(=O)c2cc(NS(C)(=O)=O)ccc2O[C@@H]1CN(C)Cc1ccc(C(F)(F)F)cc1. The fourth-order valence-electron chi connectivity index (χ4n) is 4.20. The van der Waals surface area contributed by atoms with Crippen LogP contribution >= 0.6 is 0 Å². The molecule has 0 unspecified atom stereocenters. The van der Waals surface area contributed by atoms with Crippen LogP contribution in [0.25, 0.3) is 0 Å². The average Bonchev–Trinajstić information content (AvgIpc) is 2.80. The summed E-state index contributed by atoms with van der Waals surface area (Å²) in [6.45, 7) is 4.45. The number of benzene rings is 2. The number of nitrogens with zero attached hydrogens (tertiary/aromatic N) is 2. The second-order valence-corrected chi connectivity index (χ2v) is 11.3. The maximum Gasteiger partial charge on any atom is 0.416 e. The van der Waals surface area contributed by atoms with Crippen LogP contribution in [0.4, 0.5) is 18.9 Å². The maximum absolute atomic E-state index is 13.4. The van der Waals surface area contributed by atoms with Gasteiger partial charge < -0.3 is 14.7 Å². The van der Waals surface area contributed by atoms with Gasteiger partial charge in [-0.2, -0.15) is 13.2 Å². The van der Waals surface area contributed by atoms with Crippen molar-refractivity contribution in [2.75, 3.05) is 37.7 Å². The summed E-state index contributed by atoms with van der Waals surface area (Å²) >= 11 is 0. The van der Waals surface area contributed by atoms with Crippen molar-refractivity contribution in [3.8, 4) is 5.75 Å². The minimum Gasteiger partial charge on any atom is -0.488 e. The minimum absolute atomic E-state index is 0.157. The summed E-state index contributed by atoms with van der Waals surface area (Å²) in [5.41, 5.74) is 0.368. The van der Waals surface area contributed by atoms with Crippen molar-refractivity contribution >= 4 is 21.6 Å². The number of hydrogen-bond donors (Lipinski definition) is 2. The number of anilines is 1. The molecule has 2 aromatic carbocycles. The molecule has 1 aliphatic rings. The van der Waals surface area contributed by atoms with Gasteiger partial charge in [0.15, 0.2) is 0 Å². The summed E-state index contributed by atoms with van der Waals surface area (Å²) < 4.78 is 70.6. The van der Waals surface area contributed by atoms with Gasteiger partial charge >= 0.3 is 6.18 Å². The van der Waals surface area contributed by atoms with E-state index in [2.05, 4.69) is 4.72 Å². The molecule has 8 nitrogen and oxygen atoms in total. The van der Waals surface area contributed by atoms with Crippen LogP contribution in [0.15, 0.2) is 42.5 Å². The Kier molecular flexibility index (Phi) is 8.76. The second kappa shape index (κ2) is 11.3. The van der Waals surface area contributed by atoms with Crippen LogP contribution in [-0.4, -0.2) is 74.4 Å². The van der Waals surface area contributed by atoms with Crippen molar-refractivity contribution in [1.29, 1.82) is 0 Å². The Hall–Kier alpha value is -2.83. The van der Waals surface area contributed by atoms with Crippen molar-refractivity contribution in [1.82, 2.24) is 9.80 Å². The van der Waals surface area contributed by atoms with Crippen molar-refractivity contribution < 1.29 is 36.2 Å². The van der Waals surface area contributed by atoms with E-state index in [1.165, 1.54) is 30.3 Å². The molecule has 0 saturated carbocycles. The Bertz CT molecular complexity index is 1210. The first kappa shape index (κ1) is 28.7. The number of aliphatic hydroxyl groups is 1. The van der Waals surface area contributed by atoms with Crippen LogP contribution < -0.4 is 9.46 Å². The average molecular weight is 544 g/mol. The lowest BCUT2D eigenvalue weighted by Gasteiger charge is -2.38. The lowest BCUT2D eigenvalue weighted by Crippen LogP contribution is -2.49. The second-order valence-electron chi connectivity index (χ2n) is 9.60. The van der Waals surface area contributed by atoms with E-state index in [0.29, 0.717) is 18.7 Å². The Morgan fingerprint density at radius 2 is 1.86 bits per heavy atom. The van der Waals surface area contributed by atoms with Crippen LogP contribution in [0.3, 0.4) is 0 Å². The van der Waals surface area contributed by atoms with E-state index >= 15 is 0 Å². The molecule has 204 valence electrons. The summed E-state index contributed by atoms with van der Waals surface area (Å²) in [6, 6.07) is 8.94. The van der Waals surface area contributed by atoms with Gasteiger partial charge in [-0.3, -0.25) is 14.4 Å². The third-order valence-electron chi connectivity index (χ3n) is 6.19. The fraction of sp³-hybridized carbons (Fsp3) is 0.480. The van der Waals surface area contributed by atoms with Gasteiger partial charge in [0.1, 0.15) is 11.9 Å². The molecule has 1 amide bonds. The highest BCUT2D eigenvalue weighted by atomic mass is 32.2. The molecule has 0 spiro atoms. The van der Waals surface area contributed by atoms with E-state index in [9.17, 15) is 31.5 Å². The predicted octanol–water partition coefficient (Wildman–Crippen LogP) is 3.43. The molecular weight excluding hydrogens is 511 g/mol. The number of carbonyl (C=O) groups excluding carboxylic acids is 1. The molecule has 0 bridgehead atoms. The topological polar surface area (TPSA) is 99.2 Å². The fourth-order valence-corrected chi connectivity index (χ4v) is 4.76. The summed E-state index contributed by atoms with van der Waals surface area (Å²) in [7, 11) is -1.75. The summed E-state index contributed by atoms with van der Waals surface area (Å²) in [6.07, 6.45) is -3.80. The van der Waals surface area contributed by atoms with Gasteiger partial charge in [-0.05, 0) is 49.9 Å². The third-order valence-corrected chi connectivity index (χ3v) is 6.80. The van der Waals surface area contributed by atoms with Crippen LogP contribution in [0.5, 0.6) is 5.75 Å². The van der Waals surface area contributed by atoms with E-state index < -0.39 is 39.8 Å². The number of hydrogen-bond acceptors (Lipinski definition) is 6. The van der Waals surface area contributed by atoms with E-state index in [4.69, 9.17) is 4.74 Å². The normalized spacial score (nSPS) is 19.6. The Morgan fingerprint density at radius 3 is 2.43 bits per heavy atom. The zero-order chi connectivity index (χ0) is 27.5. The highest BCUT2D eigenvalue weighted by Crippen LogP contribution is 2.32. The molecule has 2 N–H and O–H groups in total. The summed E-state index contributed by atoms with van der Waals surface area (Å²) in [5, 5.41) is 9.76. The summed E-state index contributed by atoms with van der Waals surface area (Å²) in [4.78, 5) is 16.9. The van der Waals surface area contributed by atoms with E-state index in [1.807, 2.05) is 18.9 Å². The number of likely N-dealkylation sites (N-methyl/N-ethyl adjacent to an activating group) is 1. The highest BCUT2D eigenvalue weighted by Gasteiger charge is 2.34. The molecule has 0 aliphatic carbocycles. The zero-order valence-electron chi connectivity index (χ0n) is 21.1. The van der Waals surface area contributed by atoms with Crippen LogP contribution in [0.2, 0.25) is 0 Å². The number of rotatable bonds is 8. The number of halogens is 3. The lowest BCUT2D eigenvalue weighted by atomic mass is 9.99. The van der Waals surface area contributed by atoms with Crippen molar-refractivity contribution in [2.45, 2.75) is 38.7 Å². The Balaban J connectivity index is 1.86. The smallest absolute Gasteiger partial charge is 0.416 e. The van der Waals surface area contributed by atoms with Gasteiger partial charge in [-0.1, -0.05) is 19.1 Å². The molecule has 37 heavy (non-hydrogen) atoms.